The predicted molar refractivity (Wildman–Crippen MR) is 61.9 cm³/mol. The number of Topliss-reactive ketones (excluding diaryl/α,β-unsaturated/α-hetero) is 1. The number of ketones is 1. The molecule has 1 aromatic rings. The lowest BCUT2D eigenvalue weighted by molar-refractivity contribution is -0.122. The van der Waals surface area contributed by atoms with Gasteiger partial charge in [0.15, 0.2) is 0 Å². The zero-order valence-electron chi connectivity index (χ0n) is 9.11. The fourth-order valence-electron chi connectivity index (χ4n) is 2.53. The van der Waals surface area contributed by atoms with Crippen molar-refractivity contribution in [3.05, 3.63) is 17.1 Å². The van der Waals surface area contributed by atoms with Gasteiger partial charge in [0.1, 0.15) is 5.78 Å². The number of hydrogen-bond donors (Lipinski definition) is 0. The van der Waals surface area contributed by atoms with Gasteiger partial charge in [0, 0.05) is 23.9 Å². The molecule has 2 unspecified atom stereocenters. The van der Waals surface area contributed by atoms with Crippen LogP contribution in [0.25, 0.3) is 0 Å². The van der Waals surface area contributed by atoms with Crippen LogP contribution in [0.15, 0.2) is 12.3 Å². The molecule has 0 N–H and O–H groups in total. The first-order valence-corrected chi connectivity index (χ1v) is 6.48. The Morgan fingerprint density at radius 1 is 1.53 bits per heavy atom. The van der Waals surface area contributed by atoms with Crippen LogP contribution in [0.5, 0.6) is 0 Å². The lowest BCUT2D eigenvalue weighted by Crippen LogP contribution is -2.25. The first kappa shape index (κ1) is 10.8. The molecular weight excluding hydrogens is 206 g/mol. The van der Waals surface area contributed by atoms with Gasteiger partial charge in [-0.2, -0.15) is 0 Å². The molecule has 1 fully saturated rings. The quantitative estimate of drug-likeness (QED) is 0.788. The van der Waals surface area contributed by atoms with E-state index in [-0.39, 0.29) is 0 Å². The molecule has 0 aromatic carbocycles. The Morgan fingerprint density at radius 2 is 2.40 bits per heavy atom. The van der Waals surface area contributed by atoms with Crippen molar-refractivity contribution >= 4 is 17.3 Å². The molecule has 1 aliphatic carbocycles. The van der Waals surface area contributed by atoms with E-state index in [0.29, 0.717) is 11.7 Å². The molecule has 1 saturated carbocycles. The fraction of sp³-hybridized carbons (Fsp3) is 0.667. The van der Waals surface area contributed by atoms with Crippen molar-refractivity contribution in [3.63, 3.8) is 0 Å². The monoisotopic (exact) mass is 223 g/mol. The van der Waals surface area contributed by atoms with Crippen LogP contribution in [0.2, 0.25) is 0 Å². The van der Waals surface area contributed by atoms with Gasteiger partial charge in [-0.1, -0.05) is 13.3 Å². The molecule has 0 radical (unpaired) electrons. The van der Waals surface area contributed by atoms with Gasteiger partial charge in [-0.3, -0.25) is 4.79 Å². The molecule has 3 heteroatoms. The number of carbonyl (C=O) groups is 1. The molecule has 0 bridgehead atoms. The third-order valence-corrected chi connectivity index (χ3v) is 4.19. The normalized spacial score (nSPS) is 26.9. The van der Waals surface area contributed by atoms with Crippen LogP contribution in [0.4, 0.5) is 0 Å². The fourth-order valence-corrected chi connectivity index (χ4v) is 3.19. The zero-order valence-corrected chi connectivity index (χ0v) is 9.93. The highest BCUT2D eigenvalue weighted by atomic mass is 32.1. The molecule has 1 heterocycles. The highest BCUT2D eigenvalue weighted by molar-refractivity contribution is 7.05. The summed E-state index contributed by atoms with van der Waals surface area (Å²) in [6, 6.07) is 2.08. The van der Waals surface area contributed by atoms with Gasteiger partial charge in [0.25, 0.3) is 0 Å². The maximum absolute atomic E-state index is 11.5. The number of rotatable bonds is 3. The van der Waals surface area contributed by atoms with Crippen molar-refractivity contribution in [2.24, 2.45) is 11.8 Å². The number of nitrogens with zero attached hydrogens (tertiary/aromatic N) is 1. The van der Waals surface area contributed by atoms with E-state index in [1.807, 2.05) is 6.20 Å². The lowest BCUT2D eigenvalue weighted by atomic mass is 9.75. The van der Waals surface area contributed by atoms with E-state index >= 15 is 0 Å². The van der Waals surface area contributed by atoms with Gasteiger partial charge in [0.05, 0.1) is 0 Å². The molecule has 2 nitrogen and oxygen atoms in total. The summed E-state index contributed by atoms with van der Waals surface area (Å²) >= 11 is 1.57. The van der Waals surface area contributed by atoms with Gasteiger partial charge >= 0.3 is 0 Å². The second-order valence-electron chi connectivity index (χ2n) is 4.39. The highest BCUT2D eigenvalue weighted by Gasteiger charge is 2.28. The summed E-state index contributed by atoms with van der Waals surface area (Å²) in [5.74, 6) is 1.76. The Bertz CT molecular complexity index is 320. The molecule has 0 aliphatic heterocycles. The summed E-state index contributed by atoms with van der Waals surface area (Å²) in [7, 11) is 0. The van der Waals surface area contributed by atoms with E-state index in [2.05, 4.69) is 17.4 Å². The Morgan fingerprint density at radius 3 is 3.07 bits per heavy atom. The smallest absolute Gasteiger partial charge is 0.133 e. The average Bonchev–Trinajstić information content (AvgIpc) is 2.71. The highest BCUT2D eigenvalue weighted by Crippen LogP contribution is 2.33. The van der Waals surface area contributed by atoms with E-state index in [9.17, 15) is 4.79 Å². The third-order valence-electron chi connectivity index (χ3n) is 3.43. The molecule has 0 saturated heterocycles. The Kier molecular flexibility index (Phi) is 3.52. The summed E-state index contributed by atoms with van der Waals surface area (Å²) in [4.78, 5) is 12.8. The summed E-state index contributed by atoms with van der Waals surface area (Å²) in [5, 5.41) is 0. The van der Waals surface area contributed by atoms with E-state index in [1.165, 1.54) is 11.3 Å². The molecule has 15 heavy (non-hydrogen) atoms. The van der Waals surface area contributed by atoms with Gasteiger partial charge in [-0.25, -0.2) is 4.37 Å². The summed E-state index contributed by atoms with van der Waals surface area (Å²) in [5.41, 5.74) is 0. The molecule has 0 spiro atoms. The van der Waals surface area contributed by atoms with Crippen LogP contribution in [0.3, 0.4) is 0 Å². The van der Waals surface area contributed by atoms with Crippen LogP contribution in [0.1, 0.15) is 37.5 Å². The predicted octanol–water partition coefficient (Wildman–Crippen LogP) is 3.08. The first-order valence-electron chi connectivity index (χ1n) is 5.71. The maximum atomic E-state index is 11.5. The van der Waals surface area contributed by atoms with E-state index in [4.69, 9.17) is 0 Å². The van der Waals surface area contributed by atoms with Crippen molar-refractivity contribution in [1.82, 2.24) is 4.37 Å². The largest absolute Gasteiger partial charge is 0.300 e. The van der Waals surface area contributed by atoms with Crippen LogP contribution >= 0.6 is 11.5 Å². The van der Waals surface area contributed by atoms with Crippen LogP contribution in [0, 0.1) is 11.8 Å². The van der Waals surface area contributed by atoms with Gasteiger partial charge in [0.2, 0.25) is 0 Å². The first-order chi connectivity index (χ1) is 7.29. The Hall–Kier alpha value is -0.700. The summed E-state index contributed by atoms with van der Waals surface area (Å²) < 4.78 is 4.11. The molecule has 1 aliphatic rings. The number of aromatic nitrogens is 1. The molecule has 2 rings (SSSR count). The number of hydrogen-bond acceptors (Lipinski definition) is 3. The van der Waals surface area contributed by atoms with Gasteiger partial charge in [-0.15, -0.1) is 0 Å². The van der Waals surface area contributed by atoms with Gasteiger partial charge < -0.3 is 0 Å². The van der Waals surface area contributed by atoms with Crippen molar-refractivity contribution in [2.45, 2.75) is 39.0 Å². The Balaban J connectivity index is 2.01. The minimum atomic E-state index is 0.453. The molecular formula is C12H17NOS. The second-order valence-corrected chi connectivity index (χ2v) is 5.31. The van der Waals surface area contributed by atoms with Crippen molar-refractivity contribution < 1.29 is 4.79 Å². The van der Waals surface area contributed by atoms with Crippen LogP contribution in [-0.4, -0.2) is 10.2 Å². The van der Waals surface area contributed by atoms with Gasteiger partial charge in [-0.05, 0) is 42.3 Å². The SMILES string of the molecule is CCC1CCC(=O)CC1Cc1ccns1. The average molecular weight is 223 g/mol. The summed E-state index contributed by atoms with van der Waals surface area (Å²) in [6.45, 7) is 2.24. The molecule has 0 amide bonds. The topological polar surface area (TPSA) is 30.0 Å². The second kappa shape index (κ2) is 4.88. The lowest BCUT2D eigenvalue weighted by Gasteiger charge is -2.29. The third kappa shape index (κ3) is 2.65. The Labute approximate surface area is 94.9 Å². The molecule has 82 valence electrons. The van der Waals surface area contributed by atoms with E-state index in [0.717, 1.165) is 31.6 Å². The maximum Gasteiger partial charge on any atom is 0.133 e. The minimum Gasteiger partial charge on any atom is -0.300 e. The van der Waals surface area contributed by atoms with Crippen LogP contribution < -0.4 is 0 Å². The zero-order chi connectivity index (χ0) is 10.7. The van der Waals surface area contributed by atoms with Crippen LogP contribution in [-0.2, 0) is 11.2 Å². The van der Waals surface area contributed by atoms with Crippen molar-refractivity contribution in [1.29, 1.82) is 0 Å². The number of carbonyl (C=O) groups excluding carboxylic acids is 1. The minimum absolute atomic E-state index is 0.453. The van der Waals surface area contributed by atoms with E-state index < -0.39 is 0 Å². The van der Waals surface area contributed by atoms with Crippen molar-refractivity contribution in [3.8, 4) is 0 Å². The standard InChI is InChI=1S/C12H17NOS/c1-2-9-3-4-11(14)7-10(9)8-12-5-6-13-15-12/h5-6,9-10H,2-4,7-8H2,1H3. The van der Waals surface area contributed by atoms with E-state index in [1.54, 1.807) is 11.5 Å². The van der Waals surface area contributed by atoms with Crippen molar-refractivity contribution in [2.75, 3.05) is 0 Å². The summed E-state index contributed by atoms with van der Waals surface area (Å²) in [6.07, 6.45) is 6.80. The molecule has 1 aromatic heterocycles. The molecule has 2 atom stereocenters.